The van der Waals surface area contributed by atoms with Crippen molar-refractivity contribution in [2.24, 2.45) is 5.10 Å². The normalized spacial score (nSPS) is 10.8. The molecule has 0 radical (unpaired) electrons. The minimum atomic E-state index is -0.282. The first-order valence-corrected chi connectivity index (χ1v) is 10.2. The fourth-order valence-electron chi connectivity index (χ4n) is 2.49. The molecule has 0 fully saturated rings. The summed E-state index contributed by atoms with van der Waals surface area (Å²) in [6.07, 6.45) is 2.43. The Morgan fingerprint density at radius 1 is 1.13 bits per heavy atom. The number of carbonyl (C=O) groups excluding carboxylic acids is 1. The zero-order valence-electron chi connectivity index (χ0n) is 16.6. The summed E-state index contributed by atoms with van der Waals surface area (Å²) in [6, 6.07) is 15.4. The van der Waals surface area contributed by atoms with E-state index in [1.807, 2.05) is 55.5 Å². The van der Waals surface area contributed by atoms with Crippen LogP contribution in [0.1, 0.15) is 22.6 Å². The summed E-state index contributed by atoms with van der Waals surface area (Å²) in [5.41, 5.74) is 9.90. The molecule has 0 saturated heterocycles. The van der Waals surface area contributed by atoms with Crippen molar-refractivity contribution in [1.29, 1.82) is 0 Å². The van der Waals surface area contributed by atoms with Crippen LogP contribution in [-0.4, -0.2) is 35.5 Å². The van der Waals surface area contributed by atoms with Crippen LogP contribution in [0.5, 0.6) is 11.5 Å². The third-order valence-corrected chi connectivity index (χ3v) is 4.74. The highest BCUT2D eigenvalue weighted by atomic mass is 32.1. The molecule has 0 bridgehead atoms. The predicted molar refractivity (Wildman–Crippen MR) is 117 cm³/mol. The highest BCUT2D eigenvalue weighted by Gasteiger charge is 2.07. The van der Waals surface area contributed by atoms with Crippen molar-refractivity contribution in [3.63, 3.8) is 0 Å². The third-order valence-electron chi connectivity index (χ3n) is 3.99. The molecular formula is C21H23N5O3S. The summed E-state index contributed by atoms with van der Waals surface area (Å²) in [6.45, 7) is 3.18. The van der Waals surface area contributed by atoms with E-state index >= 15 is 0 Å². The number of nitrogens with two attached hydrogens (primary N) is 1. The van der Waals surface area contributed by atoms with Gasteiger partial charge in [0.25, 0.3) is 0 Å². The summed E-state index contributed by atoms with van der Waals surface area (Å²) >= 11 is 1.18. The number of para-hydroxylation sites is 1. The van der Waals surface area contributed by atoms with E-state index in [9.17, 15) is 4.79 Å². The molecular weight excluding hydrogens is 402 g/mol. The second-order valence-corrected chi connectivity index (χ2v) is 7.48. The number of hydrazone groups is 1. The second-order valence-electron chi connectivity index (χ2n) is 6.39. The summed E-state index contributed by atoms with van der Waals surface area (Å²) in [4.78, 5) is 11.8. The molecule has 3 rings (SSSR count). The topological polar surface area (TPSA) is 112 Å². The number of amides is 1. The van der Waals surface area contributed by atoms with Gasteiger partial charge >= 0.3 is 0 Å². The second kappa shape index (κ2) is 10.9. The minimum absolute atomic E-state index is 0.0898. The molecule has 0 aliphatic heterocycles. The van der Waals surface area contributed by atoms with Crippen LogP contribution in [0, 0.1) is 6.92 Å². The zero-order valence-corrected chi connectivity index (χ0v) is 17.4. The van der Waals surface area contributed by atoms with Gasteiger partial charge in [-0.15, -0.1) is 10.2 Å². The van der Waals surface area contributed by atoms with E-state index in [0.29, 0.717) is 23.4 Å². The van der Waals surface area contributed by atoms with E-state index in [4.69, 9.17) is 15.2 Å². The van der Waals surface area contributed by atoms with Crippen molar-refractivity contribution in [1.82, 2.24) is 15.6 Å². The number of carbonyl (C=O) groups is 1. The number of hydrogen-bond donors (Lipinski definition) is 2. The molecule has 156 valence electrons. The maximum atomic E-state index is 11.8. The summed E-state index contributed by atoms with van der Waals surface area (Å²) in [5.74, 6) is 1.39. The Morgan fingerprint density at radius 3 is 2.63 bits per heavy atom. The van der Waals surface area contributed by atoms with Gasteiger partial charge in [0.15, 0.2) is 0 Å². The molecule has 0 unspecified atom stereocenters. The van der Waals surface area contributed by atoms with Crippen LogP contribution in [-0.2, 0) is 11.2 Å². The Bertz CT molecular complexity index is 988. The first kappa shape index (κ1) is 21.3. The van der Waals surface area contributed by atoms with Crippen molar-refractivity contribution >= 4 is 28.6 Å². The molecule has 8 nitrogen and oxygen atoms in total. The molecule has 0 aliphatic rings. The van der Waals surface area contributed by atoms with Crippen molar-refractivity contribution < 1.29 is 14.3 Å². The molecule has 3 N–H and O–H groups in total. The SMILES string of the molecule is Cc1ccccc1OCCCOc1ccc(C=NNC(=O)Cc2nnc(N)s2)cc1. The van der Waals surface area contributed by atoms with E-state index in [-0.39, 0.29) is 12.3 Å². The third kappa shape index (κ3) is 6.85. The lowest BCUT2D eigenvalue weighted by Crippen LogP contribution is -2.19. The van der Waals surface area contributed by atoms with Gasteiger partial charge in [0.1, 0.15) is 16.5 Å². The number of anilines is 1. The van der Waals surface area contributed by atoms with Crippen LogP contribution < -0.4 is 20.6 Å². The lowest BCUT2D eigenvalue weighted by molar-refractivity contribution is -0.120. The number of hydrogen-bond acceptors (Lipinski definition) is 8. The van der Waals surface area contributed by atoms with E-state index in [1.165, 1.54) is 11.3 Å². The first-order chi connectivity index (χ1) is 14.6. The standard InChI is InChI=1S/C21H23N5O3S/c1-15-5-2-3-6-18(15)29-12-4-11-28-17-9-7-16(8-10-17)14-23-24-19(27)13-20-25-26-21(22)30-20/h2-3,5-10,14H,4,11-13H2,1H3,(H2,22,26)(H,24,27). The van der Waals surface area contributed by atoms with Gasteiger partial charge in [0.2, 0.25) is 11.0 Å². The van der Waals surface area contributed by atoms with Gasteiger partial charge in [-0.25, -0.2) is 5.43 Å². The van der Waals surface area contributed by atoms with Gasteiger partial charge in [-0.05, 0) is 48.4 Å². The van der Waals surface area contributed by atoms with Gasteiger partial charge in [0.05, 0.1) is 25.8 Å². The lowest BCUT2D eigenvalue weighted by atomic mass is 10.2. The quantitative estimate of drug-likeness (QED) is 0.293. The van der Waals surface area contributed by atoms with Gasteiger partial charge in [0, 0.05) is 6.42 Å². The number of aryl methyl sites for hydroxylation is 1. The molecule has 1 heterocycles. The fourth-order valence-corrected chi connectivity index (χ4v) is 3.10. The van der Waals surface area contributed by atoms with Gasteiger partial charge in [-0.3, -0.25) is 4.79 Å². The number of nitrogen functional groups attached to an aromatic ring is 1. The Morgan fingerprint density at radius 2 is 1.90 bits per heavy atom. The van der Waals surface area contributed by atoms with Crippen molar-refractivity contribution in [2.45, 2.75) is 19.8 Å². The highest BCUT2D eigenvalue weighted by Crippen LogP contribution is 2.16. The smallest absolute Gasteiger partial charge is 0.247 e. The number of aromatic nitrogens is 2. The van der Waals surface area contributed by atoms with E-state index in [0.717, 1.165) is 29.0 Å². The number of rotatable bonds is 10. The average molecular weight is 426 g/mol. The van der Waals surface area contributed by atoms with Crippen LogP contribution in [0.4, 0.5) is 5.13 Å². The number of nitrogens with one attached hydrogen (secondary N) is 1. The number of ether oxygens (including phenoxy) is 2. The van der Waals surface area contributed by atoms with Gasteiger partial charge in [-0.1, -0.05) is 29.5 Å². The maximum Gasteiger partial charge on any atom is 0.247 e. The maximum absolute atomic E-state index is 11.8. The Kier molecular flexibility index (Phi) is 7.73. The Balaban J connectivity index is 1.34. The van der Waals surface area contributed by atoms with Crippen molar-refractivity contribution in [3.8, 4) is 11.5 Å². The Labute approximate surface area is 178 Å². The zero-order chi connectivity index (χ0) is 21.2. The fraction of sp³-hybridized carbons (Fsp3) is 0.238. The van der Waals surface area contributed by atoms with Crippen LogP contribution >= 0.6 is 11.3 Å². The lowest BCUT2D eigenvalue weighted by Gasteiger charge is -2.09. The van der Waals surface area contributed by atoms with Crippen LogP contribution in [0.15, 0.2) is 53.6 Å². The molecule has 30 heavy (non-hydrogen) atoms. The summed E-state index contributed by atoms with van der Waals surface area (Å²) < 4.78 is 11.5. The molecule has 3 aromatic rings. The van der Waals surface area contributed by atoms with E-state index in [1.54, 1.807) is 6.21 Å². The summed E-state index contributed by atoms with van der Waals surface area (Å²) in [7, 11) is 0. The first-order valence-electron chi connectivity index (χ1n) is 9.41. The van der Waals surface area contributed by atoms with Gasteiger partial charge in [-0.2, -0.15) is 5.10 Å². The van der Waals surface area contributed by atoms with Gasteiger partial charge < -0.3 is 15.2 Å². The molecule has 0 spiro atoms. The molecule has 0 aliphatic carbocycles. The van der Waals surface area contributed by atoms with Crippen molar-refractivity contribution in [3.05, 3.63) is 64.7 Å². The molecule has 0 atom stereocenters. The predicted octanol–water partition coefficient (Wildman–Crippen LogP) is 2.97. The molecule has 0 saturated carbocycles. The highest BCUT2D eigenvalue weighted by molar-refractivity contribution is 7.15. The van der Waals surface area contributed by atoms with E-state index in [2.05, 4.69) is 20.7 Å². The number of nitrogens with zero attached hydrogens (tertiary/aromatic N) is 3. The molecule has 9 heteroatoms. The van der Waals surface area contributed by atoms with Crippen LogP contribution in [0.2, 0.25) is 0 Å². The minimum Gasteiger partial charge on any atom is -0.493 e. The largest absolute Gasteiger partial charge is 0.493 e. The molecule has 1 aromatic heterocycles. The molecule has 2 aromatic carbocycles. The monoisotopic (exact) mass is 425 g/mol. The summed E-state index contributed by atoms with van der Waals surface area (Å²) in [5, 5.41) is 12.3. The van der Waals surface area contributed by atoms with Crippen molar-refractivity contribution in [2.75, 3.05) is 18.9 Å². The van der Waals surface area contributed by atoms with Crippen LogP contribution in [0.25, 0.3) is 0 Å². The molecule has 1 amide bonds. The van der Waals surface area contributed by atoms with Crippen LogP contribution in [0.3, 0.4) is 0 Å². The Hall–Kier alpha value is -3.46. The average Bonchev–Trinajstić information content (AvgIpc) is 3.14. The van der Waals surface area contributed by atoms with E-state index < -0.39 is 0 Å². The number of benzene rings is 2.